The van der Waals surface area contributed by atoms with Crippen LogP contribution in [-0.2, 0) is 11.3 Å². The molecule has 0 spiro atoms. The van der Waals surface area contributed by atoms with Crippen LogP contribution in [0.15, 0.2) is 48.5 Å². The second-order valence-electron chi connectivity index (χ2n) is 5.48. The third kappa shape index (κ3) is 2.30. The van der Waals surface area contributed by atoms with E-state index < -0.39 is 11.7 Å². The standard InChI is InChI=1S/C17H13FN4O2/c18-10-1-2-13-12(9-10)21-16-15(14(23)5-8-22(13)16)17(24)20-11-3-6-19-7-4-11/h1-4,6-7,9,23H,5,8H2,(H,19,20,24). The summed E-state index contributed by atoms with van der Waals surface area (Å²) in [5.74, 6) is -0.542. The number of aliphatic hydroxyl groups excluding tert-OH is 1. The molecule has 2 N–H and O–H groups in total. The number of aliphatic hydroxyl groups is 1. The molecular weight excluding hydrogens is 311 g/mol. The number of benzene rings is 1. The number of fused-ring (bicyclic) bond motifs is 3. The maximum Gasteiger partial charge on any atom is 0.262 e. The number of anilines is 1. The summed E-state index contributed by atoms with van der Waals surface area (Å²) in [6.07, 6.45) is 3.43. The number of pyridine rings is 1. The van der Waals surface area contributed by atoms with Crippen molar-refractivity contribution in [3.63, 3.8) is 0 Å². The van der Waals surface area contributed by atoms with Crippen LogP contribution < -0.4 is 5.32 Å². The van der Waals surface area contributed by atoms with E-state index in [1.165, 1.54) is 12.1 Å². The number of aromatic nitrogens is 3. The van der Waals surface area contributed by atoms with E-state index in [0.29, 0.717) is 30.0 Å². The highest BCUT2D eigenvalue weighted by molar-refractivity contribution is 6.25. The van der Waals surface area contributed by atoms with E-state index >= 15 is 0 Å². The highest BCUT2D eigenvalue weighted by atomic mass is 19.1. The van der Waals surface area contributed by atoms with Crippen LogP contribution in [0.3, 0.4) is 0 Å². The fraction of sp³-hybridized carbons (Fsp3) is 0.118. The molecule has 1 aliphatic rings. The zero-order valence-electron chi connectivity index (χ0n) is 12.5. The summed E-state index contributed by atoms with van der Waals surface area (Å²) < 4.78 is 15.2. The Labute approximate surface area is 136 Å². The summed E-state index contributed by atoms with van der Waals surface area (Å²) in [5, 5.41) is 12.9. The van der Waals surface area contributed by atoms with Crippen LogP contribution in [0.1, 0.15) is 12.2 Å². The van der Waals surface area contributed by atoms with Crippen molar-refractivity contribution in [2.45, 2.75) is 13.0 Å². The molecule has 120 valence electrons. The quantitative estimate of drug-likeness (QED) is 0.759. The first kappa shape index (κ1) is 14.4. The lowest BCUT2D eigenvalue weighted by Crippen LogP contribution is -2.22. The highest BCUT2D eigenvalue weighted by Gasteiger charge is 2.28. The molecule has 4 rings (SSSR count). The predicted octanol–water partition coefficient (Wildman–Crippen LogP) is 2.88. The molecule has 0 atom stereocenters. The second kappa shape index (κ2) is 5.45. The van der Waals surface area contributed by atoms with Crippen molar-refractivity contribution in [2.24, 2.45) is 0 Å². The van der Waals surface area contributed by atoms with Gasteiger partial charge in [0.15, 0.2) is 0 Å². The van der Waals surface area contributed by atoms with Crippen LogP contribution in [-0.4, -0.2) is 25.5 Å². The number of amides is 1. The molecular formula is C17H13FN4O2. The predicted molar refractivity (Wildman–Crippen MR) is 86.7 cm³/mol. The van der Waals surface area contributed by atoms with Crippen molar-refractivity contribution in [3.8, 4) is 0 Å². The van der Waals surface area contributed by atoms with Gasteiger partial charge in [-0.1, -0.05) is 0 Å². The fourth-order valence-corrected chi connectivity index (χ4v) is 2.85. The Morgan fingerprint density at radius 2 is 2.04 bits per heavy atom. The van der Waals surface area contributed by atoms with Crippen molar-refractivity contribution in [3.05, 3.63) is 60.1 Å². The lowest BCUT2D eigenvalue weighted by atomic mass is 10.1. The molecule has 7 heteroatoms. The Balaban J connectivity index is 1.78. The summed E-state index contributed by atoms with van der Waals surface area (Å²) >= 11 is 0. The van der Waals surface area contributed by atoms with Gasteiger partial charge in [-0.15, -0.1) is 0 Å². The van der Waals surface area contributed by atoms with Gasteiger partial charge in [0.1, 0.15) is 23.0 Å². The molecule has 24 heavy (non-hydrogen) atoms. The number of rotatable bonds is 2. The van der Waals surface area contributed by atoms with Gasteiger partial charge in [-0.05, 0) is 24.3 Å². The minimum atomic E-state index is -0.463. The van der Waals surface area contributed by atoms with Crippen molar-refractivity contribution in [1.82, 2.24) is 14.5 Å². The number of carbonyl (C=O) groups is 1. The van der Waals surface area contributed by atoms with Gasteiger partial charge in [-0.25, -0.2) is 9.37 Å². The smallest absolute Gasteiger partial charge is 0.262 e. The van der Waals surface area contributed by atoms with Gasteiger partial charge in [0.05, 0.1) is 11.0 Å². The average Bonchev–Trinajstić information content (AvgIpc) is 2.92. The van der Waals surface area contributed by atoms with E-state index in [9.17, 15) is 14.3 Å². The molecule has 0 saturated heterocycles. The summed E-state index contributed by atoms with van der Waals surface area (Å²) in [6.45, 7) is 0.481. The van der Waals surface area contributed by atoms with E-state index in [0.717, 1.165) is 5.52 Å². The van der Waals surface area contributed by atoms with Crippen molar-refractivity contribution < 1.29 is 14.3 Å². The molecule has 0 fully saturated rings. The number of aryl methyl sites for hydroxylation is 1. The SMILES string of the molecule is O=C(Nc1ccncc1)C1=C(O)CCn2c1nc1cc(F)ccc12. The van der Waals surface area contributed by atoms with E-state index in [1.807, 2.05) is 4.57 Å². The molecule has 0 saturated carbocycles. The lowest BCUT2D eigenvalue weighted by Gasteiger charge is -2.18. The van der Waals surface area contributed by atoms with E-state index in [-0.39, 0.29) is 11.3 Å². The first-order valence-corrected chi connectivity index (χ1v) is 7.43. The number of nitrogens with one attached hydrogen (secondary N) is 1. The number of carbonyl (C=O) groups excluding carboxylic acids is 1. The molecule has 3 aromatic rings. The van der Waals surface area contributed by atoms with Crippen LogP contribution in [0.2, 0.25) is 0 Å². The number of imidazole rings is 1. The molecule has 1 aromatic carbocycles. The van der Waals surface area contributed by atoms with Gasteiger partial charge in [0.25, 0.3) is 5.91 Å². The summed E-state index contributed by atoms with van der Waals surface area (Å²) in [5.41, 5.74) is 1.85. The molecule has 2 aromatic heterocycles. The minimum absolute atomic E-state index is 0.0233. The highest BCUT2D eigenvalue weighted by Crippen LogP contribution is 2.30. The molecule has 0 bridgehead atoms. The molecule has 1 amide bonds. The van der Waals surface area contributed by atoms with Gasteiger partial charge < -0.3 is 15.0 Å². The Hall–Kier alpha value is -3.22. The monoisotopic (exact) mass is 324 g/mol. The second-order valence-corrected chi connectivity index (χ2v) is 5.48. The third-order valence-electron chi connectivity index (χ3n) is 3.96. The lowest BCUT2D eigenvalue weighted by molar-refractivity contribution is -0.111. The molecule has 0 unspecified atom stereocenters. The van der Waals surface area contributed by atoms with E-state index in [4.69, 9.17) is 0 Å². The Kier molecular flexibility index (Phi) is 3.26. The van der Waals surface area contributed by atoms with Gasteiger partial charge in [-0.2, -0.15) is 0 Å². The third-order valence-corrected chi connectivity index (χ3v) is 3.96. The van der Waals surface area contributed by atoms with Crippen molar-refractivity contribution in [2.75, 3.05) is 5.32 Å². The zero-order valence-corrected chi connectivity index (χ0v) is 12.5. The first-order chi connectivity index (χ1) is 11.6. The minimum Gasteiger partial charge on any atom is -0.511 e. The zero-order chi connectivity index (χ0) is 16.7. The van der Waals surface area contributed by atoms with Crippen LogP contribution >= 0.6 is 0 Å². The van der Waals surface area contributed by atoms with Crippen LogP contribution in [0, 0.1) is 5.82 Å². The van der Waals surface area contributed by atoms with Gasteiger partial charge in [0.2, 0.25) is 0 Å². The van der Waals surface area contributed by atoms with Crippen LogP contribution in [0.5, 0.6) is 0 Å². The average molecular weight is 324 g/mol. The first-order valence-electron chi connectivity index (χ1n) is 7.43. The fourth-order valence-electron chi connectivity index (χ4n) is 2.85. The van der Waals surface area contributed by atoms with Gasteiger partial charge >= 0.3 is 0 Å². The number of nitrogens with zero attached hydrogens (tertiary/aromatic N) is 3. The molecule has 0 aliphatic carbocycles. The maximum atomic E-state index is 13.4. The summed E-state index contributed by atoms with van der Waals surface area (Å²) in [7, 11) is 0. The maximum absolute atomic E-state index is 13.4. The molecule has 3 heterocycles. The largest absolute Gasteiger partial charge is 0.511 e. The summed E-state index contributed by atoms with van der Waals surface area (Å²) in [4.78, 5) is 20.8. The number of halogens is 1. The van der Waals surface area contributed by atoms with Gasteiger partial charge in [0, 0.05) is 37.1 Å². The van der Waals surface area contributed by atoms with Crippen LogP contribution in [0.4, 0.5) is 10.1 Å². The van der Waals surface area contributed by atoms with Crippen LogP contribution in [0.25, 0.3) is 16.6 Å². The molecule has 0 radical (unpaired) electrons. The Morgan fingerprint density at radius 3 is 2.83 bits per heavy atom. The topological polar surface area (TPSA) is 80.0 Å². The van der Waals surface area contributed by atoms with Gasteiger partial charge in [-0.3, -0.25) is 9.78 Å². The van der Waals surface area contributed by atoms with Crippen molar-refractivity contribution in [1.29, 1.82) is 0 Å². The number of allylic oxidation sites excluding steroid dienone is 1. The molecule has 6 nitrogen and oxygen atoms in total. The Morgan fingerprint density at radius 1 is 1.25 bits per heavy atom. The normalized spacial score (nSPS) is 13.9. The summed E-state index contributed by atoms with van der Waals surface area (Å²) in [6, 6.07) is 7.59. The molecule has 1 aliphatic heterocycles. The van der Waals surface area contributed by atoms with E-state index in [1.54, 1.807) is 30.6 Å². The Bertz CT molecular complexity index is 979. The van der Waals surface area contributed by atoms with E-state index in [2.05, 4.69) is 15.3 Å². The number of hydrogen-bond acceptors (Lipinski definition) is 4. The van der Waals surface area contributed by atoms with Crippen molar-refractivity contribution >= 4 is 28.2 Å². The number of hydrogen-bond donors (Lipinski definition) is 2.